The molecule has 1 heterocycles. The molecule has 0 saturated heterocycles. The van der Waals surface area contributed by atoms with Crippen molar-refractivity contribution in [2.75, 3.05) is 5.32 Å². The van der Waals surface area contributed by atoms with E-state index in [1.165, 1.54) is 17.4 Å². The summed E-state index contributed by atoms with van der Waals surface area (Å²) in [6.45, 7) is 1.78. The lowest BCUT2D eigenvalue weighted by molar-refractivity contribution is 0.102. The molecule has 2 N–H and O–H groups in total. The predicted molar refractivity (Wildman–Crippen MR) is 62.9 cm³/mol. The van der Waals surface area contributed by atoms with Crippen molar-refractivity contribution in [1.82, 2.24) is 4.98 Å². The van der Waals surface area contributed by atoms with E-state index in [1.54, 1.807) is 30.6 Å². The highest BCUT2D eigenvalue weighted by atomic mass is 32.1. The van der Waals surface area contributed by atoms with Gasteiger partial charge in [-0.15, -0.1) is 11.3 Å². The number of hydrogen-bond acceptors (Lipinski definition) is 4. The van der Waals surface area contributed by atoms with E-state index in [2.05, 4.69) is 10.3 Å². The van der Waals surface area contributed by atoms with Gasteiger partial charge in [-0.25, -0.2) is 4.98 Å². The lowest BCUT2D eigenvalue weighted by Gasteiger charge is -2.03. The van der Waals surface area contributed by atoms with Crippen LogP contribution in [0.1, 0.15) is 15.9 Å². The number of nitrogens with zero attached hydrogens (tertiary/aromatic N) is 1. The van der Waals surface area contributed by atoms with Crippen molar-refractivity contribution in [2.45, 2.75) is 6.92 Å². The topological polar surface area (TPSA) is 62.2 Å². The molecule has 0 fully saturated rings. The Morgan fingerprint density at radius 2 is 2.31 bits per heavy atom. The maximum atomic E-state index is 11.7. The summed E-state index contributed by atoms with van der Waals surface area (Å²) in [5.41, 5.74) is 1.16. The van der Waals surface area contributed by atoms with Crippen LogP contribution in [0.3, 0.4) is 0 Å². The first-order valence-electron chi connectivity index (χ1n) is 4.67. The van der Waals surface area contributed by atoms with Crippen LogP contribution in [0.25, 0.3) is 0 Å². The summed E-state index contributed by atoms with van der Waals surface area (Å²) in [5, 5.41) is 14.5. The molecule has 0 aliphatic rings. The van der Waals surface area contributed by atoms with Crippen molar-refractivity contribution < 1.29 is 9.90 Å². The number of nitrogens with one attached hydrogen (secondary N) is 1. The van der Waals surface area contributed by atoms with Crippen molar-refractivity contribution in [3.63, 3.8) is 0 Å². The third-order valence-electron chi connectivity index (χ3n) is 2.12. The standard InChI is InChI=1S/C11H10N2O2S/c1-7-2-3-8(6-9(7)14)10(15)13-11-12-4-5-16-11/h2-6,14H,1H3,(H,12,13,15). The summed E-state index contributed by atoms with van der Waals surface area (Å²) in [4.78, 5) is 15.7. The fraction of sp³-hybridized carbons (Fsp3) is 0.0909. The zero-order valence-electron chi connectivity index (χ0n) is 8.60. The van der Waals surface area contributed by atoms with Gasteiger partial charge < -0.3 is 5.11 Å². The number of phenolic OH excluding ortho intramolecular Hbond substituents is 1. The monoisotopic (exact) mass is 234 g/mol. The third kappa shape index (κ3) is 2.20. The molecule has 2 rings (SSSR count). The lowest BCUT2D eigenvalue weighted by atomic mass is 10.1. The number of anilines is 1. The fourth-order valence-electron chi connectivity index (χ4n) is 1.21. The van der Waals surface area contributed by atoms with Crippen molar-refractivity contribution in [2.24, 2.45) is 0 Å². The highest BCUT2D eigenvalue weighted by molar-refractivity contribution is 7.13. The summed E-state index contributed by atoms with van der Waals surface area (Å²) in [7, 11) is 0. The minimum absolute atomic E-state index is 0.117. The summed E-state index contributed by atoms with van der Waals surface area (Å²) in [6, 6.07) is 4.81. The van der Waals surface area contributed by atoms with Crippen LogP contribution < -0.4 is 5.32 Å². The second-order valence-electron chi connectivity index (χ2n) is 3.29. The number of benzene rings is 1. The summed E-state index contributed by atoms with van der Waals surface area (Å²) < 4.78 is 0. The van der Waals surface area contributed by atoms with Crippen LogP contribution in [0.2, 0.25) is 0 Å². The van der Waals surface area contributed by atoms with E-state index in [0.29, 0.717) is 10.7 Å². The molecule has 5 heteroatoms. The van der Waals surface area contributed by atoms with Crippen LogP contribution in [0.5, 0.6) is 5.75 Å². The Kier molecular flexibility index (Phi) is 2.87. The van der Waals surface area contributed by atoms with Gasteiger partial charge in [-0.1, -0.05) is 6.07 Å². The number of carbonyl (C=O) groups excluding carboxylic acids is 1. The predicted octanol–water partition coefficient (Wildman–Crippen LogP) is 2.41. The van der Waals surface area contributed by atoms with Gasteiger partial charge in [0.2, 0.25) is 0 Å². The van der Waals surface area contributed by atoms with E-state index in [9.17, 15) is 9.90 Å². The van der Waals surface area contributed by atoms with Crippen molar-refractivity contribution >= 4 is 22.4 Å². The number of aryl methyl sites for hydroxylation is 1. The molecule has 2 aromatic rings. The summed E-state index contributed by atoms with van der Waals surface area (Å²) in [5.74, 6) is -0.156. The third-order valence-corrected chi connectivity index (χ3v) is 2.81. The highest BCUT2D eigenvalue weighted by Gasteiger charge is 2.08. The molecule has 4 nitrogen and oxygen atoms in total. The van der Waals surface area contributed by atoms with E-state index in [-0.39, 0.29) is 11.7 Å². The fourth-order valence-corrected chi connectivity index (χ4v) is 1.73. The molecular weight excluding hydrogens is 224 g/mol. The number of aromatic nitrogens is 1. The molecule has 0 bridgehead atoms. The second-order valence-corrected chi connectivity index (χ2v) is 4.19. The number of rotatable bonds is 2. The number of thiazole rings is 1. The Hall–Kier alpha value is -1.88. The van der Waals surface area contributed by atoms with Crippen LogP contribution in [0.15, 0.2) is 29.8 Å². The summed E-state index contributed by atoms with van der Waals surface area (Å²) >= 11 is 1.35. The van der Waals surface area contributed by atoms with Crippen LogP contribution >= 0.6 is 11.3 Å². The Bertz CT molecular complexity index is 509. The summed E-state index contributed by atoms with van der Waals surface area (Å²) in [6.07, 6.45) is 1.62. The number of aromatic hydroxyl groups is 1. The molecule has 0 atom stereocenters. The Labute approximate surface area is 96.6 Å². The zero-order valence-corrected chi connectivity index (χ0v) is 9.41. The largest absolute Gasteiger partial charge is 0.508 e. The number of carbonyl (C=O) groups is 1. The molecule has 0 spiro atoms. The SMILES string of the molecule is Cc1ccc(C(=O)Nc2nccs2)cc1O. The average Bonchev–Trinajstić information content (AvgIpc) is 2.74. The molecule has 0 saturated carbocycles. The Balaban J connectivity index is 2.18. The number of amides is 1. The normalized spacial score (nSPS) is 10.1. The zero-order chi connectivity index (χ0) is 11.5. The molecular formula is C11H10N2O2S. The van der Waals surface area contributed by atoms with Gasteiger partial charge in [-0.3, -0.25) is 10.1 Å². The molecule has 82 valence electrons. The molecule has 16 heavy (non-hydrogen) atoms. The van der Waals surface area contributed by atoms with Gasteiger partial charge in [0.15, 0.2) is 5.13 Å². The smallest absolute Gasteiger partial charge is 0.257 e. The minimum Gasteiger partial charge on any atom is -0.508 e. The molecule has 0 unspecified atom stereocenters. The number of hydrogen-bond donors (Lipinski definition) is 2. The van der Waals surface area contributed by atoms with Gasteiger partial charge in [-0.05, 0) is 24.6 Å². The van der Waals surface area contributed by atoms with Gasteiger partial charge in [0.1, 0.15) is 5.75 Å². The highest BCUT2D eigenvalue weighted by Crippen LogP contribution is 2.19. The van der Waals surface area contributed by atoms with Crippen molar-refractivity contribution in [3.05, 3.63) is 40.9 Å². The van der Waals surface area contributed by atoms with Crippen LogP contribution in [0, 0.1) is 6.92 Å². The van der Waals surface area contributed by atoms with Crippen molar-refractivity contribution in [3.8, 4) is 5.75 Å². The van der Waals surface area contributed by atoms with E-state index in [4.69, 9.17) is 0 Å². The second kappa shape index (κ2) is 4.32. The van der Waals surface area contributed by atoms with Gasteiger partial charge in [0.05, 0.1) is 0 Å². The van der Waals surface area contributed by atoms with Crippen LogP contribution in [0.4, 0.5) is 5.13 Å². The molecule has 1 aromatic carbocycles. The van der Waals surface area contributed by atoms with E-state index in [1.807, 2.05) is 0 Å². The van der Waals surface area contributed by atoms with E-state index >= 15 is 0 Å². The molecule has 1 aromatic heterocycles. The van der Waals surface area contributed by atoms with Gasteiger partial charge in [0, 0.05) is 17.1 Å². The molecule has 0 aliphatic heterocycles. The molecule has 0 aliphatic carbocycles. The van der Waals surface area contributed by atoms with Crippen LogP contribution in [-0.4, -0.2) is 16.0 Å². The minimum atomic E-state index is -0.273. The maximum Gasteiger partial charge on any atom is 0.257 e. The maximum absolute atomic E-state index is 11.7. The first-order chi connectivity index (χ1) is 7.66. The van der Waals surface area contributed by atoms with Crippen LogP contribution in [-0.2, 0) is 0 Å². The Morgan fingerprint density at radius 3 is 2.94 bits per heavy atom. The average molecular weight is 234 g/mol. The van der Waals surface area contributed by atoms with E-state index < -0.39 is 0 Å². The van der Waals surface area contributed by atoms with Gasteiger partial charge >= 0.3 is 0 Å². The Morgan fingerprint density at radius 1 is 1.50 bits per heavy atom. The quantitative estimate of drug-likeness (QED) is 0.838. The van der Waals surface area contributed by atoms with Crippen molar-refractivity contribution in [1.29, 1.82) is 0 Å². The first kappa shape index (κ1) is 10.6. The van der Waals surface area contributed by atoms with E-state index in [0.717, 1.165) is 5.56 Å². The lowest BCUT2D eigenvalue weighted by Crippen LogP contribution is -2.11. The first-order valence-corrected chi connectivity index (χ1v) is 5.55. The molecule has 1 amide bonds. The molecule has 0 radical (unpaired) electrons. The van der Waals surface area contributed by atoms with Gasteiger partial charge in [0.25, 0.3) is 5.91 Å². The number of phenols is 1. The van der Waals surface area contributed by atoms with Gasteiger partial charge in [-0.2, -0.15) is 0 Å².